The van der Waals surface area contributed by atoms with E-state index in [9.17, 15) is 4.79 Å². The Kier molecular flexibility index (Phi) is 4.61. The van der Waals surface area contributed by atoms with Crippen LogP contribution in [-0.2, 0) is 11.3 Å². The maximum Gasteiger partial charge on any atom is 0.363 e. The first-order chi connectivity index (χ1) is 9.29. The van der Waals surface area contributed by atoms with Gasteiger partial charge in [0.05, 0.1) is 12.8 Å². The molecule has 4 nitrogen and oxygen atoms in total. The van der Waals surface area contributed by atoms with Gasteiger partial charge in [0.2, 0.25) is 11.9 Å². The molecular formula is C15H17N2O2+. The minimum absolute atomic E-state index is 0.340. The number of hydrogen-bond donors (Lipinski definition) is 0. The van der Waals surface area contributed by atoms with Crippen LogP contribution in [0.3, 0.4) is 0 Å². The summed E-state index contributed by atoms with van der Waals surface area (Å²) in [5.74, 6) is -0.371. The number of carbonyl (C=O) groups is 1. The van der Waals surface area contributed by atoms with E-state index in [0.717, 1.165) is 6.42 Å². The van der Waals surface area contributed by atoms with Gasteiger partial charge in [0.1, 0.15) is 0 Å². The van der Waals surface area contributed by atoms with Gasteiger partial charge in [-0.2, -0.15) is 4.57 Å². The Labute approximate surface area is 112 Å². The van der Waals surface area contributed by atoms with Crippen molar-refractivity contribution in [2.75, 3.05) is 6.61 Å². The fourth-order valence-electron chi connectivity index (χ4n) is 1.70. The molecule has 0 saturated carbocycles. The molecule has 0 bridgehead atoms. The third-order valence-electron chi connectivity index (χ3n) is 2.61. The molecule has 0 amide bonds. The fourth-order valence-corrected chi connectivity index (χ4v) is 1.70. The molecule has 0 spiro atoms. The largest absolute Gasteiger partial charge is 0.461 e. The zero-order valence-corrected chi connectivity index (χ0v) is 11.0. The van der Waals surface area contributed by atoms with E-state index in [1.165, 1.54) is 5.56 Å². The van der Waals surface area contributed by atoms with Crippen LogP contribution in [0.15, 0.2) is 48.9 Å². The monoisotopic (exact) mass is 257 g/mol. The molecule has 2 rings (SSSR count). The molecule has 98 valence electrons. The van der Waals surface area contributed by atoms with Crippen molar-refractivity contribution in [2.45, 2.75) is 19.9 Å². The number of rotatable bonds is 5. The van der Waals surface area contributed by atoms with Crippen LogP contribution in [-0.4, -0.2) is 17.6 Å². The van der Waals surface area contributed by atoms with E-state index in [4.69, 9.17) is 4.74 Å². The number of nitrogens with zero attached hydrogens (tertiary/aromatic N) is 2. The van der Waals surface area contributed by atoms with Crippen LogP contribution in [0.4, 0.5) is 0 Å². The summed E-state index contributed by atoms with van der Waals surface area (Å²) in [7, 11) is 0. The van der Waals surface area contributed by atoms with Gasteiger partial charge in [-0.05, 0) is 6.42 Å². The van der Waals surface area contributed by atoms with E-state index >= 15 is 0 Å². The highest BCUT2D eigenvalue weighted by Gasteiger charge is 2.13. The lowest BCUT2D eigenvalue weighted by atomic mass is 10.2. The number of hydrogen-bond acceptors (Lipinski definition) is 3. The normalized spacial score (nSPS) is 10.2. The molecule has 0 fully saturated rings. The van der Waals surface area contributed by atoms with Crippen molar-refractivity contribution in [1.82, 2.24) is 4.98 Å². The maximum atomic E-state index is 11.7. The first kappa shape index (κ1) is 13.2. The highest BCUT2D eigenvalue weighted by atomic mass is 16.5. The maximum absolute atomic E-state index is 11.7. The molecule has 0 aliphatic heterocycles. The molecule has 19 heavy (non-hydrogen) atoms. The lowest BCUT2D eigenvalue weighted by Crippen LogP contribution is -2.35. The Balaban J connectivity index is 2.09. The van der Waals surface area contributed by atoms with Gasteiger partial charge >= 0.3 is 5.97 Å². The van der Waals surface area contributed by atoms with E-state index < -0.39 is 0 Å². The second-order valence-corrected chi connectivity index (χ2v) is 4.24. The molecule has 0 aliphatic carbocycles. The molecule has 2 aromatic rings. The summed E-state index contributed by atoms with van der Waals surface area (Å²) in [6.45, 7) is 3.09. The van der Waals surface area contributed by atoms with Crippen molar-refractivity contribution in [3.05, 3.63) is 60.2 Å². The summed E-state index contributed by atoms with van der Waals surface area (Å²) in [5, 5.41) is 0. The molecule has 4 heteroatoms. The molecular weight excluding hydrogens is 240 g/mol. The summed E-state index contributed by atoms with van der Waals surface area (Å²) in [6.07, 6.45) is 5.97. The number of esters is 1. The van der Waals surface area contributed by atoms with Crippen molar-refractivity contribution in [3.8, 4) is 0 Å². The van der Waals surface area contributed by atoms with Crippen LogP contribution in [0.5, 0.6) is 0 Å². The second-order valence-electron chi connectivity index (χ2n) is 4.24. The smallest absolute Gasteiger partial charge is 0.363 e. The second kappa shape index (κ2) is 6.64. The number of aromatic nitrogens is 2. The fraction of sp³-hybridized carbons (Fsp3) is 0.267. The van der Waals surface area contributed by atoms with Gasteiger partial charge in [-0.15, -0.1) is 0 Å². The topological polar surface area (TPSA) is 43.1 Å². The molecule has 1 aromatic carbocycles. The molecule has 0 radical (unpaired) electrons. The third-order valence-corrected chi connectivity index (χ3v) is 2.61. The van der Waals surface area contributed by atoms with Gasteiger partial charge in [-0.25, -0.2) is 9.78 Å². The van der Waals surface area contributed by atoms with Gasteiger partial charge in [0, 0.05) is 5.56 Å². The molecule has 1 heterocycles. The average molecular weight is 257 g/mol. The van der Waals surface area contributed by atoms with Gasteiger partial charge < -0.3 is 4.74 Å². The van der Waals surface area contributed by atoms with Crippen LogP contribution in [0, 0.1) is 0 Å². The molecule has 0 aliphatic rings. The number of benzene rings is 1. The first-order valence-corrected chi connectivity index (χ1v) is 6.35. The average Bonchev–Trinajstić information content (AvgIpc) is 2.46. The SMILES string of the molecule is CCCOC(=O)c1c[n+](Cc2ccccc2)ccn1. The Morgan fingerprint density at radius 3 is 2.84 bits per heavy atom. The Hall–Kier alpha value is -2.23. The summed E-state index contributed by atoms with van der Waals surface area (Å²) in [6, 6.07) is 10.1. The van der Waals surface area contributed by atoms with Gasteiger partial charge in [-0.3, -0.25) is 0 Å². The van der Waals surface area contributed by atoms with E-state index in [-0.39, 0.29) is 5.97 Å². The van der Waals surface area contributed by atoms with Crippen molar-refractivity contribution in [3.63, 3.8) is 0 Å². The first-order valence-electron chi connectivity index (χ1n) is 6.35. The zero-order valence-electron chi connectivity index (χ0n) is 11.0. The molecule has 0 saturated heterocycles. The quantitative estimate of drug-likeness (QED) is 0.607. The Morgan fingerprint density at radius 2 is 2.11 bits per heavy atom. The van der Waals surface area contributed by atoms with E-state index in [1.54, 1.807) is 12.4 Å². The number of ether oxygens (including phenoxy) is 1. The van der Waals surface area contributed by atoms with Crippen LogP contribution in [0.2, 0.25) is 0 Å². The predicted molar refractivity (Wildman–Crippen MR) is 70.5 cm³/mol. The predicted octanol–water partition coefficient (Wildman–Crippen LogP) is 1.98. The summed E-state index contributed by atoms with van der Waals surface area (Å²) in [4.78, 5) is 15.7. The highest BCUT2D eigenvalue weighted by Crippen LogP contribution is 1.99. The molecule has 0 atom stereocenters. The van der Waals surface area contributed by atoms with Crippen molar-refractivity contribution >= 4 is 5.97 Å². The van der Waals surface area contributed by atoms with Crippen molar-refractivity contribution < 1.29 is 14.1 Å². The van der Waals surface area contributed by atoms with E-state index in [0.29, 0.717) is 18.8 Å². The molecule has 1 aromatic heterocycles. The van der Waals surface area contributed by atoms with E-state index in [2.05, 4.69) is 4.98 Å². The van der Waals surface area contributed by atoms with Crippen LogP contribution in [0.25, 0.3) is 0 Å². The lowest BCUT2D eigenvalue weighted by Gasteiger charge is -2.02. The standard InChI is InChI=1S/C15H17N2O2/c1-2-10-19-15(18)14-12-17(9-8-16-14)11-13-6-4-3-5-7-13/h3-9,12H,2,10-11H2,1H3/q+1. The van der Waals surface area contributed by atoms with Crippen LogP contribution < -0.4 is 4.57 Å². The van der Waals surface area contributed by atoms with Gasteiger partial charge in [-0.1, -0.05) is 37.3 Å². The van der Waals surface area contributed by atoms with Crippen LogP contribution in [0.1, 0.15) is 29.4 Å². The van der Waals surface area contributed by atoms with Gasteiger partial charge in [0.25, 0.3) is 0 Å². The van der Waals surface area contributed by atoms with Crippen molar-refractivity contribution in [1.29, 1.82) is 0 Å². The zero-order chi connectivity index (χ0) is 13.5. The lowest BCUT2D eigenvalue weighted by molar-refractivity contribution is -0.689. The summed E-state index contributed by atoms with van der Waals surface area (Å²) in [5.41, 5.74) is 1.51. The number of carbonyl (C=O) groups excluding carboxylic acids is 1. The van der Waals surface area contributed by atoms with Gasteiger partial charge in [0.15, 0.2) is 12.7 Å². The minimum atomic E-state index is -0.371. The Bertz CT molecular complexity index is 541. The summed E-state index contributed by atoms with van der Waals surface area (Å²) >= 11 is 0. The van der Waals surface area contributed by atoms with Crippen molar-refractivity contribution in [2.24, 2.45) is 0 Å². The molecule has 0 unspecified atom stereocenters. The van der Waals surface area contributed by atoms with Crippen LogP contribution >= 0.6 is 0 Å². The minimum Gasteiger partial charge on any atom is -0.461 e. The highest BCUT2D eigenvalue weighted by molar-refractivity contribution is 5.86. The molecule has 0 N–H and O–H groups in total. The summed E-state index contributed by atoms with van der Waals surface area (Å²) < 4.78 is 6.99. The van der Waals surface area contributed by atoms with E-state index in [1.807, 2.05) is 48.0 Å². The third kappa shape index (κ3) is 3.88. The Morgan fingerprint density at radius 1 is 1.32 bits per heavy atom.